The Morgan fingerprint density at radius 3 is 2.92 bits per heavy atom. The van der Waals surface area contributed by atoms with Crippen molar-refractivity contribution in [3.63, 3.8) is 0 Å². The zero-order valence-corrected chi connectivity index (χ0v) is 16.1. The van der Waals surface area contributed by atoms with Crippen molar-refractivity contribution in [3.05, 3.63) is 27.3 Å². The minimum Gasteiger partial charge on any atom is -0.379 e. The Morgan fingerprint density at radius 1 is 1.40 bits per heavy atom. The van der Waals surface area contributed by atoms with Gasteiger partial charge in [-0.1, -0.05) is 30.0 Å². The van der Waals surface area contributed by atoms with Crippen LogP contribution in [-0.2, 0) is 14.3 Å². The first-order valence-electron chi connectivity index (χ1n) is 8.04. The van der Waals surface area contributed by atoms with Gasteiger partial charge >= 0.3 is 0 Å². The minimum absolute atomic E-state index is 0.0403. The lowest BCUT2D eigenvalue weighted by atomic mass is 10.3. The minimum atomic E-state index is -0.0722. The summed E-state index contributed by atoms with van der Waals surface area (Å²) >= 11 is 8.21. The summed E-state index contributed by atoms with van der Waals surface area (Å²) in [6.45, 7) is 3.13. The summed E-state index contributed by atoms with van der Waals surface area (Å²) in [7, 11) is 0. The topological polar surface area (TPSA) is 61.9 Å². The van der Waals surface area contributed by atoms with Crippen molar-refractivity contribution in [1.82, 2.24) is 15.3 Å². The molecule has 2 amide bonds. The number of rotatable bonds is 6. The number of nitrogens with zero attached hydrogens (tertiary/aromatic N) is 2. The van der Waals surface area contributed by atoms with Gasteiger partial charge in [0.05, 0.1) is 18.1 Å². The molecule has 9 heteroatoms. The van der Waals surface area contributed by atoms with Crippen LogP contribution >= 0.6 is 35.3 Å². The summed E-state index contributed by atoms with van der Waals surface area (Å²) in [5.74, 6) is -0.113. The van der Waals surface area contributed by atoms with Crippen molar-refractivity contribution >= 4 is 57.5 Å². The van der Waals surface area contributed by atoms with Crippen molar-refractivity contribution < 1.29 is 14.3 Å². The van der Waals surface area contributed by atoms with E-state index in [1.54, 1.807) is 16.2 Å². The van der Waals surface area contributed by atoms with E-state index in [4.69, 9.17) is 17.0 Å². The Bertz CT molecular complexity index is 669. The van der Waals surface area contributed by atoms with Gasteiger partial charge in [0, 0.05) is 30.9 Å². The number of nitrogens with one attached hydrogen (secondary N) is 1. The number of carbonyl (C=O) groups excluding carboxylic acids is 2. The summed E-state index contributed by atoms with van der Waals surface area (Å²) in [6, 6.07) is 3.91. The molecule has 2 aliphatic rings. The highest BCUT2D eigenvalue weighted by Crippen LogP contribution is 2.33. The second-order valence-electron chi connectivity index (χ2n) is 5.59. The molecular formula is C16H19N3O3S3. The van der Waals surface area contributed by atoms with Gasteiger partial charge < -0.3 is 4.74 Å². The molecule has 6 nitrogen and oxygen atoms in total. The molecule has 1 aromatic rings. The summed E-state index contributed by atoms with van der Waals surface area (Å²) in [4.78, 5) is 27.7. The molecule has 1 N–H and O–H groups in total. The average molecular weight is 398 g/mol. The normalized spacial score (nSPS) is 20.5. The van der Waals surface area contributed by atoms with Crippen LogP contribution in [0.2, 0.25) is 0 Å². The predicted molar refractivity (Wildman–Crippen MR) is 104 cm³/mol. The maximum atomic E-state index is 12.5. The van der Waals surface area contributed by atoms with E-state index >= 15 is 0 Å². The second-order valence-corrected chi connectivity index (χ2v) is 8.24. The third-order valence-corrected chi connectivity index (χ3v) is 5.97. The molecule has 2 aliphatic heterocycles. The number of hydrazine groups is 1. The molecule has 0 radical (unpaired) electrons. The Balaban J connectivity index is 1.45. The van der Waals surface area contributed by atoms with Gasteiger partial charge in [0.1, 0.15) is 4.32 Å². The third kappa shape index (κ3) is 5.11. The zero-order chi connectivity index (χ0) is 17.6. The molecule has 134 valence electrons. The highest BCUT2D eigenvalue weighted by atomic mass is 32.2. The Kier molecular flexibility index (Phi) is 6.60. The van der Waals surface area contributed by atoms with Crippen molar-refractivity contribution in [2.75, 3.05) is 32.8 Å². The largest absolute Gasteiger partial charge is 0.379 e. The second kappa shape index (κ2) is 8.91. The van der Waals surface area contributed by atoms with Crippen LogP contribution in [0.3, 0.4) is 0 Å². The van der Waals surface area contributed by atoms with Crippen LogP contribution in [0.25, 0.3) is 6.08 Å². The maximum Gasteiger partial charge on any atom is 0.266 e. The Hall–Kier alpha value is -1.26. The van der Waals surface area contributed by atoms with Crippen LogP contribution in [0, 0.1) is 0 Å². The molecule has 0 aliphatic carbocycles. The van der Waals surface area contributed by atoms with Gasteiger partial charge in [-0.2, -0.15) is 0 Å². The van der Waals surface area contributed by atoms with Crippen molar-refractivity contribution in [3.8, 4) is 0 Å². The van der Waals surface area contributed by atoms with E-state index in [-0.39, 0.29) is 11.8 Å². The molecule has 0 bridgehead atoms. The van der Waals surface area contributed by atoms with E-state index in [0.29, 0.717) is 54.9 Å². The van der Waals surface area contributed by atoms with E-state index < -0.39 is 0 Å². The molecule has 0 aromatic carbocycles. The van der Waals surface area contributed by atoms with Crippen molar-refractivity contribution in [2.45, 2.75) is 12.8 Å². The lowest BCUT2D eigenvalue weighted by molar-refractivity contribution is -0.128. The van der Waals surface area contributed by atoms with E-state index in [1.807, 2.05) is 28.6 Å². The average Bonchev–Trinajstić information content (AvgIpc) is 3.19. The molecule has 0 saturated carbocycles. The fourth-order valence-corrected chi connectivity index (χ4v) is 4.53. The first-order chi connectivity index (χ1) is 12.1. The van der Waals surface area contributed by atoms with Gasteiger partial charge in [0.2, 0.25) is 5.91 Å². The summed E-state index contributed by atoms with van der Waals surface area (Å²) in [6.07, 6.45) is 2.81. The molecule has 0 unspecified atom stereocenters. The van der Waals surface area contributed by atoms with Crippen LogP contribution < -0.4 is 5.43 Å². The van der Waals surface area contributed by atoms with Crippen LogP contribution in [-0.4, -0.2) is 58.9 Å². The number of thiocarbonyl (C=S) groups is 1. The SMILES string of the molecule is O=C(CCCN1C(=O)/C(=C\c2cccs2)SC1=S)NN1CCOCC1. The van der Waals surface area contributed by atoms with Crippen LogP contribution in [0.4, 0.5) is 0 Å². The molecule has 0 atom stereocenters. The number of ether oxygens (including phenoxy) is 1. The monoisotopic (exact) mass is 397 g/mol. The van der Waals surface area contributed by atoms with Gasteiger partial charge in [0.25, 0.3) is 5.91 Å². The Morgan fingerprint density at radius 2 is 2.20 bits per heavy atom. The smallest absolute Gasteiger partial charge is 0.266 e. The summed E-state index contributed by atoms with van der Waals surface area (Å²) < 4.78 is 5.80. The van der Waals surface area contributed by atoms with E-state index in [2.05, 4.69) is 5.43 Å². The lowest BCUT2D eigenvalue weighted by Gasteiger charge is -2.27. The molecule has 1 aromatic heterocycles. The fraction of sp³-hybridized carbons (Fsp3) is 0.438. The number of morpholine rings is 1. The highest BCUT2D eigenvalue weighted by Gasteiger charge is 2.31. The van der Waals surface area contributed by atoms with E-state index in [1.165, 1.54) is 11.8 Å². The van der Waals surface area contributed by atoms with E-state index in [0.717, 1.165) is 4.88 Å². The molecule has 3 rings (SSSR count). The molecule has 2 saturated heterocycles. The fourth-order valence-electron chi connectivity index (χ4n) is 2.50. The van der Waals surface area contributed by atoms with Crippen molar-refractivity contribution in [2.24, 2.45) is 0 Å². The van der Waals surface area contributed by atoms with Crippen LogP contribution in [0.5, 0.6) is 0 Å². The van der Waals surface area contributed by atoms with Crippen LogP contribution in [0.1, 0.15) is 17.7 Å². The predicted octanol–water partition coefficient (Wildman–Crippen LogP) is 2.09. The van der Waals surface area contributed by atoms with Gasteiger partial charge in [-0.25, -0.2) is 5.01 Å². The Labute approximate surface area is 160 Å². The lowest BCUT2D eigenvalue weighted by Crippen LogP contribution is -2.48. The molecule has 0 spiro atoms. The highest BCUT2D eigenvalue weighted by molar-refractivity contribution is 8.26. The third-order valence-electron chi connectivity index (χ3n) is 3.77. The number of amides is 2. The maximum absolute atomic E-state index is 12.5. The summed E-state index contributed by atoms with van der Waals surface area (Å²) in [5.41, 5.74) is 2.87. The number of thiophene rings is 1. The summed E-state index contributed by atoms with van der Waals surface area (Å²) in [5, 5.41) is 3.84. The molecular weight excluding hydrogens is 378 g/mol. The van der Waals surface area contributed by atoms with Gasteiger partial charge in [0.15, 0.2) is 0 Å². The van der Waals surface area contributed by atoms with E-state index in [9.17, 15) is 9.59 Å². The molecule has 3 heterocycles. The standard InChI is InChI=1S/C16H19N3O3S3/c20-14(17-18-6-8-22-9-7-18)4-1-5-19-15(21)13(25-16(19)23)11-12-3-2-10-24-12/h2-3,10-11H,1,4-9H2,(H,17,20)/b13-11+. The van der Waals surface area contributed by atoms with Crippen molar-refractivity contribution in [1.29, 1.82) is 0 Å². The number of thioether (sulfide) groups is 1. The molecule has 2 fully saturated rings. The van der Waals surface area contributed by atoms with Gasteiger partial charge in [-0.3, -0.25) is 19.9 Å². The number of hydrogen-bond acceptors (Lipinski definition) is 7. The van der Waals surface area contributed by atoms with Gasteiger partial charge in [-0.15, -0.1) is 11.3 Å². The number of carbonyl (C=O) groups is 2. The number of hydrogen-bond donors (Lipinski definition) is 1. The quantitative estimate of drug-likeness (QED) is 0.586. The first kappa shape index (κ1) is 18.5. The first-order valence-corrected chi connectivity index (χ1v) is 10.1. The van der Waals surface area contributed by atoms with Gasteiger partial charge in [-0.05, 0) is 23.9 Å². The molecule has 25 heavy (non-hydrogen) atoms. The zero-order valence-electron chi connectivity index (χ0n) is 13.6. The van der Waals surface area contributed by atoms with Crippen LogP contribution in [0.15, 0.2) is 22.4 Å².